The third kappa shape index (κ3) is 3.49. The number of hydrogen-bond acceptors (Lipinski definition) is 3. The number of ether oxygens (including phenoxy) is 1. The molecule has 0 bridgehead atoms. The fraction of sp³-hybridized carbons (Fsp3) is 0.368. The maximum Gasteiger partial charge on any atom is 0.118 e. The Hall–Kier alpha value is -1.84. The quantitative estimate of drug-likeness (QED) is 0.860. The Labute approximate surface area is 131 Å². The van der Waals surface area contributed by atoms with Crippen LogP contribution in [0.5, 0.6) is 5.75 Å². The van der Waals surface area contributed by atoms with E-state index in [0.29, 0.717) is 18.5 Å². The second-order valence-electron chi connectivity index (χ2n) is 5.97. The van der Waals surface area contributed by atoms with Crippen LogP contribution in [-0.4, -0.2) is 24.8 Å². The smallest absolute Gasteiger partial charge is 0.118 e. The molecule has 0 unspecified atom stereocenters. The molecular weight excluding hydrogens is 274 g/mol. The molecule has 3 rings (SSSR count). The lowest BCUT2D eigenvalue weighted by molar-refractivity contribution is 0.157. The van der Waals surface area contributed by atoms with E-state index in [-0.39, 0.29) is 0 Å². The van der Waals surface area contributed by atoms with Crippen molar-refractivity contribution in [3.05, 3.63) is 65.7 Å². The molecular formula is C19H23NO2. The van der Waals surface area contributed by atoms with Crippen molar-refractivity contribution in [2.45, 2.75) is 30.9 Å². The van der Waals surface area contributed by atoms with Gasteiger partial charge in [0.25, 0.3) is 0 Å². The van der Waals surface area contributed by atoms with Crippen LogP contribution < -0.4 is 10.1 Å². The van der Waals surface area contributed by atoms with E-state index >= 15 is 0 Å². The van der Waals surface area contributed by atoms with Crippen molar-refractivity contribution < 1.29 is 9.84 Å². The number of rotatable bonds is 6. The van der Waals surface area contributed by atoms with E-state index in [0.717, 1.165) is 24.2 Å². The van der Waals surface area contributed by atoms with E-state index < -0.39 is 6.10 Å². The first-order valence-electron chi connectivity index (χ1n) is 7.86. The first-order chi connectivity index (χ1) is 10.8. The Kier molecular flexibility index (Phi) is 4.76. The van der Waals surface area contributed by atoms with Gasteiger partial charge < -0.3 is 15.2 Å². The molecule has 3 heteroatoms. The largest absolute Gasteiger partial charge is 0.497 e. The Bertz CT molecular complexity index is 576. The number of nitrogens with one attached hydrogen (secondary N) is 1. The third-order valence-electron chi connectivity index (χ3n) is 4.51. The number of aliphatic hydroxyl groups is 1. The van der Waals surface area contributed by atoms with Gasteiger partial charge >= 0.3 is 0 Å². The zero-order valence-corrected chi connectivity index (χ0v) is 12.9. The van der Waals surface area contributed by atoms with Crippen molar-refractivity contribution in [1.82, 2.24) is 5.32 Å². The van der Waals surface area contributed by atoms with Crippen LogP contribution in [0.3, 0.4) is 0 Å². The topological polar surface area (TPSA) is 41.5 Å². The minimum atomic E-state index is -0.471. The molecule has 2 N–H and O–H groups in total. The molecule has 0 aliphatic heterocycles. The Morgan fingerprint density at radius 3 is 2.41 bits per heavy atom. The molecule has 22 heavy (non-hydrogen) atoms. The molecule has 0 saturated heterocycles. The lowest BCUT2D eigenvalue weighted by Gasteiger charge is -2.37. The molecule has 1 fully saturated rings. The van der Waals surface area contributed by atoms with Crippen LogP contribution in [0.2, 0.25) is 0 Å². The van der Waals surface area contributed by atoms with Gasteiger partial charge in [-0.05, 0) is 42.0 Å². The molecule has 0 amide bonds. The summed E-state index contributed by atoms with van der Waals surface area (Å²) in [5, 5.41) is 13.7. The number of methoxy groups -OCH3 is 1. The standard InChI is InChI=1S/C19H23NO2/c1-22-18-9-7-15(8-10-18)19(21)13-20-17-11-16(12-17)14-5-3-2-4-6-14/h2-10,16-17,19-21H,11-13H2,1H3/t16?,17?,19-/m1/s1. The first kappa shape index (κ1) is 15.1. The molecule has 1 saturated carbocycles. The van der Waals surface area contributed by atoms with Crippen LogP contribution in [0.15, 0.2) is 54.6 Å². The predicted octanol–water partition coefficient (Wildman–Crippen LogP) is 3.26. The molecule has 0 radical (unpaired) electrons. The van der Waals surface area contributed by atoms with Crippen molar-refractivity contribution in [2.24, 2.45) is 0 Å². The summed E-state index contributed by atoms with van der Waals surface area (Å²) in [6.07, 6.45) is 1.83. The minimum Gasteiger partial charge on any atom is -0.497 e. The second-order valence-corrected chi connectivity index (χ2v) is 5.97. The number of aliphatic hydroxyl groups excluding tert-OH is 1. The zero-order valence-electron chi connectivity index (χ0n) is 12.9. The third-order valence-corrected chi connectivity index (χ3v) is 4.51. The Balaban J connectivity index is 1.43. The molecule has 2 aromatic rings. The summed E-state index contributed by atoms with van der Waals surface area (Å²) in [4.78, 5) is 0. The highest BCUT2D eigenvalue weighted by Gasteiger charge is 2.30. The molecule has 3 nitrogen and oxygen atoms in total. The number of hydrogen-bond donors (Lipinski definition) is 2. The molecule has 1 aliphatic carbocycles. The molecule has 116 valence electrons. The highest BCUT2D eigenvalue weighted by atomic mass is 16.5. The Morgan fingerprint density at radius 2 is 1.77 bits per heavy atom. The van der Waals surface area contributed by atoms with Gasteiger partial charge in [-0.25, -0.2) is 0 Å². The zero-order chi connectivity index (χ0) is 15.4. The van der Waals surface area contributed by atoms with Crippen molar-refractivity contribution in [3.63, 3.8) is 0 Å². The van der Waals surface area contributed by atoms with Gasteiger partial charge in [0.15, 0.2) is 0 Å². The SMILES string of the molecule is COc1ccc([C@H](O)CNC2CC(c3ccccc3)C2)cc1. The van der Waals surface area contributed by atoms with Crippen LogP contribution >= 0.6 is 0 Å². The summed E-state index contributed by atoms with van der Waals surface area (Å²) in [5.74, 6) is 1.48. The fourth-order valence-corrected chi connectivity index (χ4v) is 3.00. The summed E-state index contributed by atoms with van der Waals surface area (Å²) in [6.45, 7) is 0.596. The van der Waals surface area contributed by atoms with Crippen LogP contribution in [-0.2, 0) is 0 Å². The number of benzene rings is 2. The van der Waals surface area contributed by atoms with Crippen LogP contribution in [0.4, 0.5) is 0 Å². The van der Waals surface area contributed by atoms with Gasteiger partial charge in [-0.3, -0.25) is 0 Å². The van der Waals surface area contributed by atoms with Crippen molar-refractivity contribution in [3.8, 4) is 5.75 Å². The van der Waals surface area contributed by atoms with E-state index in [1.54, 1.807) is 7.11 Å². The molecule has 2 aromatic carbocycles. The van der Waals surface area contributed by atoms with Gasteiger partial charge in [0, 0.05) is 12.6 Å². The van der Waals surface area contributed by atoms with E-state index in [1.807, 2.05) is 24.3 Å². The lowest BCUT2D eigenvalue weighted by atomic mass is 9.76. The predicted molar refractivity (Wildman–Crippen MR) is 88.2 cm³/mol. The molecule has 0 aromatic heterocycles. The van der Waals surface area contributed by atoms with Gasteiger partial charge in [0.2, 0.25) is 0 Å². The van der Waals surface area contributed by atoms with E-state index in [9.17, 15) is 5.11 Å². The normalized spacial score (nSPS) is 21.9. The minimum absolute atomic E-state index is 0.471. The van der Waals surface area contributed by atoms with Crippen molar-refractivity contribution in [2.75, 3.05) is 13.7 Å². The van der Waals surface area contributed by atoms with Crippen LogP contribution in [0.1, 0.15) is 36.0 Å². The summed E-state index contributed by atoms with van der Waals surface area (Å²) in [6, 6.07) is 18.8. The highest BCUT2D eigenvalue weighted by molar-refractivity contribution is 5.28. The summed E-state index contributed by atoms with van der Waals surface area (Å²) in [5.41, 5.74) is 2.35. The van der Waals surface area contributed by atoms with E-state index in [4.69, 9.17) is 4.74 Å². The average Bonchev–Trinajstić information content (AvgIpc) is 2.54. The molecule has 1 aliphatic rings. The second kappa shape index (κ2) is 6.95. The monoisotopic (exact) mass is 297 g/mol. The van der Waals surface area contributed by atoms with Crippen LogP contribution in [0.25, 0.3) is 0 Å². The van der Waals surface area contributed by atoms with Gasteiger partial charge in [0.1, 0.15) is 5.75 Å². The lowest BCUT2D eigenvalue weighted by Crippen LogP contribution is -2.41. The average molecular weight is 297 g/mol. The van der Waals surface area contributed by atoms with Crippen LogP contribution in [0, 0.1) is 0 Å². The summed E-state index contributed by atoms with van der Waals surface area (Å²) in [7, 11) is 1.65. The van der Waals surface area contributed by atoms with Gasteiger partial charge in [-0.1, -0.05) is 42.5 Å². The maximum absolute atomic E-state index is 10.2. The fourth-order valence-electron chi connectivity index (χ4n) is 3.00. The Morgan fingerprint density at radius 1 is 1.09 bits per heavy atom. The molecule has 1 atom stereocenters. The molecule has 0 spiro atoms. The van der Waals surface area contributed by atoms with Gasteiger partial charge in [0.05, 0.1) is 13.2 Å². The first-order valence-corrected chi connectivity index (χ1v) is 7.86. The van der Waals surface area contributed by atoms with Crippen molar-refractivity contribution in [1.29, 1.82) is 0 Å². The summed E-state index contributed by atoms with van der Waals surface area (Å²) < 4.78 is 5.13. The van der Waals surface area contributed by atoms with E-state index in [2.05, 4.69) is 35.6 Å². The van der Waals surface area contributed by atoms with Gasteiger partial charge in [-0.2, -0.15) is 0 Å². The van der Waals surface area contributed by atoms with Crippen molar-refractivity contribution >= 4 is 0 Å². The van der Waals surface area contributed by atoms with E-state index in [1.165, 1.54) is 5.56 Å². The molecule has 0 heterocycles. The highest BCUT2D eigenvalue weighted by Crippen LogP contribution is 2.36. The van der Waals surface area contributed by atoms with Gasteiger partial charge in [-0.15, -0.1) is 0 Å². The maximum atomic E-state index is 10.2. The summed E-state index contributed by atoms with van der Waals surface area (Å²) >= 11 is 0.